The highest BCUT2D eigenvalue weighted by Gasteiger charge is 2.29. The summed E-state index contributed by atoms with van der Waals surface area (Å²) in [6, 6.07) is 15.5. The Bertz CT molecular complexity index is 782. The number of nitrogens with one attached hydrogen (secondary N) is 2. The van der Waals surface area contributed by atoms with E-state index in [1.165, 1.54) is 12.1 Å². The molecule has 0 saturated heterocycles. The maximum Gasteiger partial charge on any atom is 0.240 e. The third-order valence-electron chi connectivity index (χ3n) is 3.69. The lowest BCUT2D eigenvalue weighted by Crippen LogP contribution is -2.23. The second-order valence-electron chi connectivity index (χ2n) is 5.60. The molecule has 1 amide bonds. The molecule has 23 heavy (non-hydrogen) atoms. The van der Waals surface area contributed by atoms with Crippen LogP contribution in [-0.4, -0.2) is 14.3 Å². The van der Waals surface area contributed by atoms with Crippen molar-refractivity contribution in [3.63, 3.8) is 0 Å². The summed E-state index contributed by atoms with van der Waals surface area (Å²) in [6.45, 7) is 0.239. The molecular weight excluding hydrogens is 312 g/mol. The first-order chi connectivity index (χ1) is 11.0. The van der Waals surface area contributed by atoms with E-state index in [4.69, 9.17) is 0 Å². The number of rotatable bonds is 6. The Morgan fingerprint density at radius 2 is 1.65 bits per heavy atom. The van der Waals surface area contributed by atoms with E-state index in [-0.39, 0.29) is 23.3 Å². The zero-order valence-corrected chi connectivity index (χ0v) is 13.3. The fourth-order valence-electron chi connectivity index (χ4n) is 2.16. The van der Waals surface area contributed by atoms with Crippen LogP contribution in [0.2, 0.25) is 0 Å². The Labute approximate surface area is 135 Å². The molecular formula is C17H18N2O3S. The van der Waals surface area contributed by atoms with Crippen molar-refractivity contribution >= 4 is 21.6 Å². The van der Waals surface area contributed by atoms with E-state index in [0.29, 0.717) is 5.69 Å². The first kappa shape index (κ1) is 15.7. The Morgan fingerprint density at radius 1 is 1.00 bits per heavy atom. The molecule has 0 bridgehead atoms. The number of hydrogen-bond donors (Lipinski definition) is 2. The highest BCUT2D eigenvalue weighted by molar-refractivity contribution is 7.89. The van der Waals surface area contributed by atoms with Crippen LogP contribution >= 0.6 is 0 Å². The molecule has 2 aromatic rings. The molecule has 0 unspecified atom stereocenters. The van der Waals surface area contributed by atoms with Gasteiger partial charge in [-0.1, -0.05) is 30.3 Å². The fraction of sp³-hybridized carbons (Fsp3) is 0.235. The number of benzene rings is 2. The van der Waals surface area contributed by atoms with E-state index in [0.717, 1.165) is 18.4 Å². The molecule has 0 radical (unpaired) electrons. The lowest BCUT2D eigenvalue weighted by molar-refractivity contribution is -0.117. The van der Waals surface area contributed by atoms with Crippen molar-refractivity contribution in [3.8, 4) is 0 Å². The number of sulfonamides is 1. The molecule has 1 aliphatic carbocycles. The Kier molecular flexibility index (Phi) is 4.45. The summed E-state index contributed by atoms with van der Waals surface area (Å²) in [5.41, 5.74) is 1.51. The Balaban J connectivity index is 1.64. The molecule has 0 heterocycles. The molecule has 1 saturated carbocycles. The lowest BCUT2D eigenvalue weighted by Gasteiger charge is -2.08. The number of anilines is 1. The fourth-order valence-corrected chi connectivity index (χ4v) is 3.18. The van der Waals surface area contributed by atoms with Crippen molar-refractivity contribution < 1.29 is 13.2 Å². The van der Waals surface area contributed by atoms with Gasteiger partial charge in [-0.2, -0.15) is 0 Å². The van der Waals surface area contributed by atoms with Crippen molar-refractivity contribution in [2.75, 3.05) is 5.32 Å². The minimum Gasteiger partial charge on any atom is -0.326 e. The number of carbonyl (C=O) groups excluding carboxylic acids is 1. The van der Waals surface area contributed by atoms with Gasteiger partial charge < -0.3 is 5.32 Å². The number of amides is 1. The van der Waals surface area contributed by atoms with Gasteiger partial charge in [0.25, 0.3) is 0 Å². The summed E-state index contributed by atoms with van der Waals surface area (Å²) < 4.78 is 27.1. The first-order valence-corrected chi connectivity index (χ1v) is 8.97. The van der Waals surface area contributed by atoms with Crippen LogP contribution in [0.3, 0.4) is 0 Å². The van der Waals surface area contributed by atoms with Crippen LogP contribution in [0.4, 0.5) is 5.69 Å². The van der Waals surface area contributed by atoms with E-state index in [9.17, 15) is 13.2 Å². The van der Waals surface area contributed by atoms with Gasteiger partial charge in [0.1, 0.15) is 0 Å². The number of carbonyl (C=O) groups is 1. The maximum atomic E-state index is 12.3. The van der Waals surface area contributed by atoms with Crippen molar-refractivity contribution in [3.05, 3.63) is 60.2 Å². The highest BCUT2D eigenvalue weighted by Crippen LogP contribution is 2.30. The van der Waals surface area contributed by atoms with Gasteiger partial charge in [0.05, 0.1) is 4.90 Å². The Morgan fingerprint density at radius 3 is 2.26 bits per heavy atom. The third kappa shape index (κ3) is 4.18. The molecule has 120 valence electrons. The van der Waals surface area contributed by atoms with Crippen LogP contribution in [-0.2, 0) is 21.4 Å². The van der Waals surface area contributed by atoms with Crippen molar-refractivity contribution in [1.82, 2.24) is 4.72 Å². The van der Waals surface area contributed by atoms with Gasteiger partial charge >= 0.3 is 0 Å². The molecule has 2 aromatic carbocycles. The molecule has 1 aliphatic rings. The van der Waals surface area contributed by atoms with Crippen LogP contribution in [0.1, 0.15) is 18.4 Å². The predicted octanol–water partition coefficient (Wildman–Crippen LogP) is 2.51. The van der Waals surface area contributed by atoms with Gasteiger partial charge in [0, 0.05) is 18.2 Å². The quantitative estimate of drug-likeness (QED) is 0.854. The summed E-state index contributed by atoms with van der Waals surface area (Å²) in [6.07, 6.45) is 1.86. The van der Waals surface area contributed by atoms with Gasteiger partial charge in [0.15, 0.2) is 0 Å². The van der Waals surface area contributed by atoms with Crippen LogP contribution in [0.15, 0.2) is 59.5 Å². The maximum absolute atomic E-state index is 12.3. The molecule has 3 rings (SSSR count). The molecule has 0 aromatic heterocycles. The van der Waals surface area contributed by atoms with Gasteiger partial charge in [0.2, 0.25) is 15.9 Å². The van der Waals surface area contributed by atoms with Crippen molar-refractivity contribution in [1.29, 1.82) is 0 Å². The topological polar surface area (TPSA) is 75.3 Å². The van der Waals surface area contributed by atoms with Gasteiger partial charge in [-0.25, -0.2) is 13.1 Å². The van der Waals surface area contributed by atoms with E-state index in [1.54, 1.807) is 12.1 Å². The first-order valence-electron chi connectivity index (χ1n) is 7.49. The average Bonchev–Trinajstić information content (AvgIpc) is 3.40. The third-order valence-corrected chi connectivity index (χ3v) is 5.11. The van der Waals surface area contributed by atoms with E-state index < -0.39 is 10.0 Å². The van der Waals surface area contributed by atoms with Gasteiger partial charge in [-0.05, 0) is 42.7 Å². The average molecular weight is 330 g/mol. The van der Waals surface area contributed by atoms with Gasteiger partial charge in [-0.3, -0.25) is 4.79 Å². The molecule has 0 spiro atoms. The van der Waals surface area contributed by atoms with Crippen molar-refractivity contribution in [2.45, 2.75) is 24.3 Å². The minimum atomic E-state index is -3.57. The molecule has 5 nitrogen and oxygen atoms in total. The highest BCUT2D eigenvalue weighted by atomic mass is 32.2. The van der Waals surface area contributed by atoms with E-state index in [2.05, 4.69) is 10.0 Å². The van der Waals surface area contributed by atoms with Crippen molar-refractivity contribution in [2.24, 2.45) is 5.92 Å². The van der Waals surface area contributed by atoms with E-state index in [1.807, 2.05) is 30.3 Å². The zero-order valence-electron chi connectivity index (χ0n) is 12.5. The second kappa shape index (κ2) is 6.52. The second-order valence-corrected chi connectivity index (χ2v) is 7.37. The molecule has 6 heteroatoms. The largest absolute Gasteiger partial charge is 0.326 e. The van der Waals surface area contributed by atoms with Crippen LogP contribution in [0.25, 0.3) is 0 Å². The van der Waals surface area contributed by atoms with Crippen LogP contribution in [0, 0.1) is 5.92 Å². The standard InChI is InChI=1S/C17H18N2O3S/c20-17(14-6-7-14)19-15-8-10-16(11-9-15)23(21,22)18-12-13-4-2-1-3-5-13/h1-5,8-11,14,18H,6-7,12H2,(H,19,20). The monoisotopic (exact) mass is 330 g/mol. The summed E-state index contributed by atoms with van der Waals surface area (Å²) in [5.74, 6) is 0.119. The van der Waals surface area contributed by atoms with E-state index >= 15 is 0 Å². The minimum absolute atomic E-state index is 0.00260. The summed E-state index contributed by atoms with van der Waals surface area (Å²) in [7, 11) is -3.57. The molecule has 2 N–H and O–H groups in total. The molecule has 0 aliphatic heterocycles. The van der Waals surface area contributed by atoms with Gasteiger partial charge in [-0.15, -0.1) is 0 Å². The summed E-state index contributed by atoms with van der Waals surface area (Å²) in [5, 5.41) is 2.79. The molecule has 1 fully saturated rings. The Hall–Kier alpha value is -2.18. The normalized spacial score (nSPS) is 14.4. The zero-order chi connectivity index (χ0) is 16.3. The lowest BCUT2D eigenvalue weighted by atomic mass is 10.2. The van der Waals surface area contributed by atoms with Crippen LogP contribution < -0.4 is 10.0 Å². The predicted molar refractivity (Wildman–Crippen MR) is 88.3 cm³/mol. The van der Waals surface area contributed by atoms with Crippen LogP contribution in [0.5, 0.6) is 0 Å². The molecule has 0 atom stereocenters. The SMILES string of the molecule is O=C(Nc1ccc(S(=O)(=O)NCc2ccccc2)cc1)C1CC1. The summed E-state index contributed by atoms with van der Waals surface area (Å²) >= 11 is 0. The smallest absolute Gasteiger partial charge is 0.240 e. The summed E-state index contributed by atoms with van der Waals surface area (Å²) in [4.78, 5) is 11.9. The number of hydrogen-bond acceptors (Lipinski definition) is 3.